The van der Waals surface area contributed by atoms with Gasteiger partial charge >= 0.3 is 0 Å². The molecule has 2 aromatic carbocycles. The Kier molecular flexibility index (Phi) is 4.64. The molecule has 0 aliphatic heterocycles. The lowest BCUT2D eigenvalue weighted by atomic mass is 9.87. The topological polar surface area (TPSA) is 35.1 Å². The Hall–Kier alpha value is -2.00. The Morgan fingerprint density at radius 3 is 2.73 bits per heavy atom. The third kappa shape index (κ3) is 2.95. The summed E-state index contributed by atoms with van der Waals surface area (Å²) in [7, 11) is 3.39. The molecule has 0 aromatic heterocycles. The summed E-state index contributed by atoms with van der Waals surface area (Å²) in [6, 6.07) is 15.5. The van der Waals surface area contributed by atoms with Crippen molar-refractivity contribution in [2.24, 2.45) is 0 Å². The molecular weight excluding hydrogens is 274 g/mol. The molecule has 1 aliphatic carbocycles. The highest BCUT2D eigenvalue weighted by atomic mass is 16.5. The van der Waals surface area contributed by atoms with Crippen LogP contribution in [0.5, 0.6) is 11.5 Å². The number of aryl methyl sites for hydroxylation is 1. The van der Waals surface area contributed by atoms with Crippen LogP contribution in [0.15, 0.2) is 42.5 Å². The predicted molar refractivity (Wildman–Crippen MR) is 87.3 cm³/mol. The molecule has 2 N–H and O–H groups in total. The molecule has 0 spiro atoms. The van der Waals surface area contributed by atoms with Gasteiger partial charge in [0.05, 0.1) is 19.8 Å². The number of ether oxygens (including phenoxy) is 2. The molecular formula is C19H24NO2+. The fourth-order valence-electron chi connectivity index (χ4n) is 3.42. The molecule has 1 aliphatic rings. The van der Waals surface area contributed by atoms with Crippen molar-refractivity contribution in [3.05, 3.63) is 59.2 Å². The van der Waals surface area contributed by atoms with E-state index in [9.17, 15) is 0 Å². The Morgan fingerprint density at radius 2 is 1.91 bits per heavy atom. The van der Waals surface area contributed by atoms with Crippen molar-refractivity contribution in [3.8, 4) is 11.5 Å². The molecule has 3 nitrogen and oxygen atoms in total. The van der Waals surface area contributed by atoms with Crippen molar-refractivity contribution in [3.63, 3.8) is 0 Å². The van der Waals surface area contributed by atoms with E-state index in [0.717, 1.165) is 18.0 Å². The summed E-state index contributed by atoms with van der Waals surface area (Å²) in [6.45, 7) is 0.902. The molecule has 2 aromatic rings. The summed E-state index contributed by atoms with van der Waals surface area (Å²) in [5.74, 6) is 1.66. The minimum Gasteiger partial charge on any atom is -0.493 e. The van der Waals surface area contributed by atoms with E-state index in [4.69, 9.17) is 9.47 Å². The minimum absolute atomic E-state index is 0.542. The average Bonchev–Trinajstić information content (AvgIpc) is 2.59. The second-order valence-corrected chi connectivity index (χ2v) is 5.79. The standard InChI is InChI=1S/C19H23NO2/c1-21-18-12-6-9-15(19(18)22-2)13-20-17-11-5-8-14-7-3-4-10-16(14)17/h3-4,6-7,9-10,12,17,20H,5,8,11,13H2,1-2H3/p+1/t17-/m0/s1. The first-order chi connectivity index (χ1) is 10.8. The number of rotatable bonds is 5. The van der Waals surface area contributed by atoms with Gasteiger partial charge in [-0.15, -0.1) is 0 Å². The SMILES string of the molecule is COc1cccc(C[NH2+][C@H]2CCCc3ccccc32)c1OC. The maximum absolute atomic E-state index is 5.53. The number of methoxy groups -OCH3 is 2. The van der Waals surface area contributed by atoms with Gasteiger partial charge in [-0.05, 0) is 30.5 Å². The minimum atomic E-state index is 0.542. The normalized spacial score (nSPS) is 16.9. The fraction of sp³-hybridized carbons (Fsp3) is 0.368. The van der Waals surface area contributed by atoms with Crippen LogP contribution in [0, 0.1) is 0 Å². The number of fused-ring (bicyclic) bond motifs is 1. The van der Waals surface area contributed by atoms with Crippen LogP contribution in [0.1, 0.15) is 35.6 Å². The molecule has 0 radical (unpaired) electrons. The van der Waals surface area contributed by atoms with Gasteiger partial charge in [0.2, 0.25) is 0 Å². The predicted octanol–water partition coefficient (Wildman–Crippen LogP) is 2.84. The number of quaternary nitrogens is 1. The Labute approximate surface area is 132 Å². The van der Waals surface area contributed by atoms with E-state index in [2.05, 4.69) is 35.6 Å². The summed E-state index contributed by atoms with van der Waals surface area (Å²) >= 11 is 0. The van der Waals surface area contributed by atoms with E-state index < -0.39 is 0 Å². The second-order valence-electron chi connectivity index (χ2n) is 5.79. The quantitative estimate of drug-likeness (QED) is 0.921. The first-order valence-corrected chi connectivity index (χ1v) is 7.94. The van der Waals surface area contributed by atoms with Crippen molar-refractivity contribution < 1.29 is 14.8 Å². The molecule has 3 heteroatoms. The molecule has 0 saturated carbocycles. The van der Waals surface area contributed by atoms with Gasteiger partial charge in [0.15, 0.2) is 11.5 Å². The van der Waals surface area contributed by atoms with Crippen LogP contribution in [-0.2, 0) is 13.0 Å². The lowest BCUT2D eigenvalue weighted by Gasteiger charge is -2.24. The Morgan fingerprint density at radius 1 is 1.05 bits per heavy atom. The van der Waals surface area contributed by atoms with E-state index in [0.29, 0.717) is 6.04 Å². The number of nitrogens with two attached hydrogens (primary N) is 1. The molecule has 3 rings (SSSR count). The zero-order valence-corrected chi connectivity index (χ0v) is 13.3. The van der Waals surface area contributed by atoms with Gasteiger partial charge in [0, 0.05) is 12.0 Å². The smallest absolute Gasteiger partial charge is 0.169 e. The Balaban J connectivity index is 1.77. The molecule has 0 amide bonds. The number of benzene rings is 2. The average molecular weight is 298 g/mol. The number of hydrogen-bond donors (Lipinski definition) is 1. The monoisotopic (exact) mass is 298 g/mol. The fourth-order valence-corrected chi connectivity index (χ4v) is 3.42. The zero-order valence-electron chi connectivity index (χ0n) is 13.3. The molecule has 0 unspecified atom stereocenters. The summed E-state index contributed by atoms with van der Waals surface area (Å²) in [4.78, 5) is 0. The van der Waals surface area contributed by atoms with Gasteiger partial charge in [-0.2, -0.15) is 0 Å². The molecule has 116 valence electrons. The van der Waals surface area contributed by atoms with Crippen LogP contribution in [0.4, 0.5) is 0 Å². The lowest BCUT2D eigenvalue weighted by molar-refractivity contribution is -0.712. The molecule has 22 heavy (non-hydrogen) atoms. The van der Waals surface area contributed by atoms with Crippen molar-refractivity contribution in [2.45, 2.75) is 31.8 Å². The highest BCUT2D eigenvalue weighted by Crippen LogP contribution is 2.31. The Bertz CT molecular complexity index is 639. The van der Waals surface area contributed by atoms with Crippen molar-refractivity contribution in [1.29, 1.82) is 0 Å². The van der Waals surface area contributed by atoms with E-state index in [-0.39, 0.29) is 0 Å². The second kappa shape index (κ2) is 6.84. The first kappa shape index (κ1) is 14.9. The summed E-state index contributed by atoms with van der Waals surface area (Å²) in [6.07, 6.45) is 3.72. The van der Waals surface area contributed by atoms with Gasteiger partial charge < -0.3 is 14.8 Å². The third-order valence-electron chi connectivity index (χ3n) is 4.52. The third-order valence-corrected chi connectivity index (χ3v) is 4.52. The van der Waals surface area contributed by atoms with Crippen LogP contribution < -0.4 is 14.8 Å². The lowest BCUT2D eigenvalue weighted by Crippen LogP contribution is -2.84. The molecule has 0 fully saturated rings. The molecule has 0 bridgehead atoms. The van der Waals surface area contributed by atoms with Crippen LogP contribution in [0.3, 0.4) is 0 Å². The number of hydrogen-bond acceptors (Lipinski definition) is 2. The van der Waals surface area contributed by atoms with E-state index in [1.165, 1.54) is 36.0 Å². The largest absolute Gasteiger partial charge is 0.493 e. The van der Waals surface area contributed by atoms with Gasteiger partial charge in [0.25, 0.3) is 0 Å². The first-order valence-electron chi connectivity index (χ1n) is 7.94. The van der Waals surface area contributed by atoms with Crippen molar-refractivity contribution in [2.75, 3.05) is 14.2 Å². The van der Waals surface area contributed by atoms with Gasteiger partial charge in [-0.1, -0.05) is 30.3 Å². The van der Waals surface area contributed by atoms with Gasteiger partial charge in [-0.3, -0.25) is 0 Å². The summed E-state index contributed by atoms with van der Waals surface area (Å²) in [5, 5.41) is 2.43. The van der Waals surface area contributed by atoms with Crippen LogP contribution >= 0.6 is 0 Å². The summed E-state index contributed by atoms with van der Waals surface area (Å²) in [5.41, 5.74) is 4.19. The summed E-state index contributed by atoms with van der Waals surface area (Å²) < 4.78 is 10.9. The van der Waals surface area contributed by atoms with E-state index in [1.807, 2.05) is 12.1 Å². The molecule has 1 atom stereocenters. The van der Waals surface area contributed by atoms with Crippen molar-refractivity contribution >= 4 is 0 Å². The molecule has 0 heterocycles. The van der Waals surface area contributed by atoms with Gasteiger partial charge in [0.1, 0.15) is 12.6 Å². The maximum Gasteiger partial charge on any atom is 0.169 e. The van der Waals surface area contributed by atoms with E-state index in [1.54, 1.807) is 14.2 Å². The number of para-hydroxylation sites is 1. The highest BCUT2D eigenvalue weighted by molar-refractivity contribution is 5.46. The van der Waals surface area contributed by atoms with Crippen LogP contribution in [0.2, 0.25) is 0 Å². The molecule has 0 saturated heterocycles. The van der Waals surface area contributed by atoms with Crippen LogP contribution in [0.25, 0.3) is 0 Å². The van der Waals surface area contributed by atoms with Crippen molar-refractivity contribution in [1.82, 2.24) is 0 Å². The van der Waals surface area contributed by atoms with E-state index >= 15 is 0 Å². The van der Waals surface area contributed by atoms with Gasteiger partial charge in [-0.25, -0.2) is 0 Å². The maximum atomic E-state index is 5.53. The van der Waals surface area contributed by atoms with Crippen LogP contribution in [-0.4, -0.2) is 14.2 Å². The highest BCUT2D eigenvalue weighted by Gasteiger charge is 2.23. The zero-order chi connectivity index (χ0) is 15.4.